The van der Waals surface area contributed by atoms with Crippen LogP contribution in [0.4, 0.5) is 4.79 Å². The molecule has 0 aromatic rings. The van der Waals surface area contributed by atoms with Gasteiger partial charge in [0, 0.05) is 25.0 Å². The Bertz CT molecular complexity index is 320. The first-order chi connectivity index (χ1) is 8.99. The van der Waals surface area contributed by atoms with E-state index in [9.17, 15) is 9.59 Å². The fourth-order valence-electron chi connectivity index (χ4n) is 2.77. The largest absolute Gasteiger partial charge is 0.481 e. The minimum atomic E-state index is -0.804. The molecule has 5 heteroatoms. The molecule has 1 rings (SSSR count). The van der Waals surface area contributed by atoms with Gasteiger partial charge in [-0.05, 0) is 32.1 Å². The lowest BCUT2D eigenvalue weighted by Crippen LogP contribution is -2.47. The number of carbonyl (C=O) groups is 2. The fourth-order valence-corrected chi connectivity index (χ4v) is 2.77. The summed E-state index contributed by atoms with van der Waals surface area (Å²) in [7, 11) is 0. The molecule has 3 atom stereocenters. The van der Waals surface area contributed by atoms with Crippen molar-refractivity contribution in [2.24, 2.45) is 5.92 Å². The van der Waals surface area contributed by atoms with E-state index < -0.39 is 5.97 Å². The van der Waals surface area contributed by atoms with Crippen molar-refractivity contribution < 1.29 is 14.7 Å². The van der Waals surface area contributed by atoms with E-state index in [1.54, 1.807) is 0 Å². The third-order valence-electron chi connectivity index (χ3n) is 4.07. The summed E-state index contributed by atoms with van der Waals surface area (Å²) in [5.74, 6) is -0.790. The van der Waals surface area contributed by atoms with Crippen molar-refractivity contribution in [2.45, 2.75) is 65.0 Å². The molecular formula is C14H26N2O3. The van der Waals surface area contributed by atoms with Gasteiger partial charge < -0.3 is 15.3 Å². The molecule has 1 fully saturated rings. The minimum Gasteiger partial charge on any atom is -0.481 e. The topological polar surface area (TPSA) is 69.6 Å². The van der Waals surface area contributed by atoms with Gasteiger partial charge in [-0.3, -0.25) is 4.79 Å². The van der Waals surface area contributed by atoms with Crippen LogP contribution in [0.1, 0.15) is 52.9 Å². The smallest absolute Gasteiger partial charge is 0.317 e. The number of nitrogens with zero attached hydrogens (tertiary/aromatic N) is 1. The molecule has 0 aromatic heterocycles. The predicted molar refractivity (Wildman–Crippen MR) is 74.0 cm³/mol. The van der Waals surface area contributed by atoms with E-state index in [4.69, 9.17) is 5.11 Å². The molecule has 110 valence electrons. The summed E-state index contributed by atoms with van der Waals surface area (Å²) in [6, 6.07) is 0.569. The lowest BCUT2D eigenvalue weighted by atomic mass is 10.0. The van der Waals surface area contributed by atoms with Crippen LogP contribution in [0.5, 0.6) is 0 Å². The van der Waals surface area contributed by atoms with Crippen molar-refractivity contribution in [3.63, 3.8) is 0 Å². The highest BCUT2D eigenvalue weighted by Gasteiger charge is 2.33. The number of rotatable bonds is 6. The van der Waals surface area contributed by atoms with Crippen LogP contribution in [0, 0.1) is 5.92 Å². The minimum absolute atomic E-state index is 0.0134. The summed E-state index contributed by atoms with van der Waals surface area (Å²) in [6.07, 6.45) is 3.97. The number of nitrogens with one attached hydrogen (secondary N) is 1. The number of urea groups is 1. The Labute approximate surface area is 115 Å². The van der Waals surface area contributed by atoms with Gasteiger partial charge in [-0.2, -0.15) is 0 Å². The number of hydrogen-bond acceptors (Lipinski definition) is 2. The zero-order chi connectivity index (χ0) is 14.4. The van der Waals surface area contributed by atoms with E-state index in [1.807, 2.05) is 11.8 Å². The maximum Gasteiger partial charge on any atom is 0.317 e. The summed E-state index contributed by atoms with van der Waals surface area (Å²) in [6.45, 7) is 6.57. The van der Waals surface area contributed by atoms with Crippen LogP contribution in [-0.2, 0) is 4.79 Å². The van der Waals surface area contributed by atoms with E-state index >= 15 is 0 Å². The van der Waals surface area contributed by atoms with Crippen LogP contribution >= 0.6 is 0 Å². The van der Waals surface area contributed by atoms with Gasteiger partial charge in [-0.1, -0.05) is 20.3 Å². The third-order valence-corrected chi connectivity index (χ3v) is 4.07. The van der Waals surface area contributed by atoms with E-state index in [0.717, 1.165) is 25.7 Å². The van der Waals surface area contributed by atoms with Crippen molar-refractivity contribution in [1.29, 1.82) is 0 Å². The SMILES string of the molecule is CCC(CNC(=O)N1C(C)CCC1CC)CC(=O)O. The van der Waals surface area contributed by atoms with Gasteiger partial charge in [-0.25, -0.2) is 4.79 Å². The highest BCUT2D eigenvalue weighted by Crippen LogP contribution is 2.25. The van der Waals surface area contributed by atoms with Crippen LogP contribution in [-0.4, -0.2) is 40.6 Å². The molecule has 1 aliphatic heterocycles. The zero-order valence-corrected chi connectivity index (χ0v) is 12.2. The van der Waals surface area contributed by atoms with Crippen molar-refractivity contribution in [3.8, 4) is 0 Å². The second-order valence-electron chi connectivity index (χ2n) is 5.45. The monoisotopic (exact) mass is 270 g/mol. The van der Waals surface area contributed by atoms with Crippen LogP contribution in [0.15, 0.2) is 0 Å². The van der Waals surface area contributed by atoms with Gasteiger partial charge in [0.1, 0.15) is 0 Å². The quantitative estimate of drug-likeness (QED) is 0.779. The highest BCUT2D eigenvalue weighted by atomic mass is 16.4. The molecule has 19 heavy (non-hydrogen) atoms. The summed E-state index contributed by atoms with van der Waals surface area (Å²) in [5.41, 5.74) is 0. The number of carboxylic acid groups (broad SMARTS) is 1. The number of amides is 2. The Balaban J connectivity index is 2.47. The van der Waals surface area contributed by atoms with Gasteiger partial charge in [0.05, 0.1) is 0 Å². The van der Waals surface area contributed by atoms with Crippen LogP contribution in [0.3, 0.4) is 0 Å². The number of hydrogen-bond donors (Lipinski definition) is 2. The molecule has 3 unspecified atom stereocenters. The molecular weight excluding hydrogens is 244 g/mol. The van der Waals surface area contributed by atoms with Crippen LogP contribution in [0.25, 0.3) is 0 Å². The maximum absolute atomic E-state index is 12.2. The van der Waals surface area contributed by atoms with E-state index in [1.165, 1.54) is 0 Å². The van der Waals surface area contributed by atoms with Crippen LogP contribution < -0.4 is 5.32 Å². The Kier molecular flexibility index (Phi) is 6.12. The first kappa shape index (κ1) is 15.8. The summed E-state index contributed by atoms with van der Waals surface area (Å²) in [4.78, 5) is 24.8. The first-order valence-electron chi connectivity index (χ1n) is 7.27. The Hall–Kier alpha value is -1.26. The molecule has 5 nitrogen and oxygen atoms in total. The Morgan fingerprint density at radius 2 is 2.05 bits per heavy atom. The molecule has 0 saturated carbocycles. The maximum atomic E-state index is 12.2. The molecule has 1 saturated heterocycles. The predicted octanol–water partition coefficient (Wildman–Crippen LogP) is 2.46. The van der Waals surface area contributed by atoms with Gasteiger partial charge in [0.15, 0.2) is 0 Å². The van der Waals surface area contributed by atoms with Crippen molar-refractivity contribution in [2.75, 3.05) is 6.54 Å². The number of carboxylic acids is 1. The van der Waals surface area contributed by atoms with Crippen molar-refractivity contribution in [1.82, 2.24) is 10.2 Å². The van der Waals surface area contributed by atoms with Crippen molar-refractivity contribution >= 4 is 12.0 Å². The normalized spacial score (nSPS) is 24.3. The summed E-state index contributed by atoms with van der Waals surface area (Å²) >= 11 is 0. The molecule has 1 heterocycles. The molecule has 0 bridgehead atoms. The van der Waals surface area contributed by atoms with E-state index in [2.05, 4.69) is 19.2 Å². The van der Waals surface area contributed by atoms with Gasteiger partial charge >= 0.3 is 12.0 Å². The second-order valence-corrected chi connectivity index (χ2v) is 5.45. The third kappa shape index (κ3) is 4.40. The Morgan fingerprint density at radius 3 is 2.58 bits per heavy atom. The van der Waals surface area contributed by atoms with Gasteiger partial charge in [-0.15, -0.1) is 0 Å². The average Bonchev–Trinajstić information content (AvgIpc) is 2.74. The molecule has 2 amide bonds. The van der Waals surface area contributed by atoms with Gasteiger partial charge in [0.25, 0.3) is 0 Å². The summed E-state index contributed by atoms with van der Waals surface area (Å²) < 4.78 is 0. The highest BCUT2D eigenvalue weighted by molar-refractivity contribution is 5.75. The van der Waals surface area contributed by atoms with Gasteiger partial charge in [0.2, 0.25) is 0 Å². The van der Waals surface area contributed by atoms with Crippen LogP contribution in [0.2, 0.25) is 0 Å². The fraction of sp³-hybridized carbons (Fsp3) is 0.857. The second kappa shape index (κ2) is 7.36. The molecule has 0 aliphatic carbocycles. The zero-order valence-electron chi connectivity index (χ0n) is 12.2. The molecule has 0 spiro atoms. The number of likely N-dealkylation sites (tertiary alicyclic amines) is 1. The Morgan fingerprint density at radius 1 is 1.37 bits per heavy atom. The molecule has 1 aliphatic rings. The molecule has 2 N–H and O–H groups in total. The van der Waals surface area contributed by atoms with E-state index in [0.29, 0.717) is 12.6 Å². The number of carbonyl (C=O) groups excluding carboxylic acids is 1. The molecule has 0 aromatic carbocycles. The van der Waals surface area contributed by atoms with E-state index in [-0.39, 0.29) is 24.4 Å². The summed E-state index contributed by atoms with van der Waals surface area (Å²) in [5, 5.41) is 11.7. The average molecular weight is 270 g/mol. The molecule has 0 radical (unpaired) electrons. The van der Waals surface area contributed by atoms with Crippen molar-refractivity contribution in [3.05, 3.63) is 0 Å². The lowest BCUT2D eigenvalue weighted by molar-refractivity contribution is -0.138. The lowest BCUT2D eigenvalue weighted by Gasteiger charge is -2.28. The number of aliphatic carboxylic acids is 1. The first-order valence-corrected chi connectivity index (χ1v) is 7.27. The standard InChI is InChI=1S/C14H26N2O3/c1-4-11(8-13(17)18)9-15-14(19)16-10(3)6-7-12(16)5-2/h10-12H,4-9H2,1-3H3,(H,15,19)(H,17,18).